The fourth-order valence-electron chi connectivity index (χ4n) is 2.40. The highest BCUT2D eigenvalue weighted by atomic mass is 16.5. The van der Waals surface area contributed by atoms with Crippen LogP contribution in [0, 0.1) is 17.2 Å². The van der Waals surface area contributed by atoms with Crippen LogP contribution in [0.1, 0.15) is 18.4 Å². The normalized spacial score (nSPS) is 17.7. The van der Waals surface area contributed by atoms with Crippen molar-refractivity contribution in [1.29, 1.82) is 5.26 Å². The van der Waals surface area contributed by atoms with Gasteiger partial charge in [0.15, 0.2) is 0 Å². The van der Waals surface area contributed by atoms with E-state index in [9.17, 15) is 9.59 Å². The lowest BCUT2D eigenvalue weighted by Gasteiger charge is -2.30. The molecule has 0 saturated carbocycles. The highest BCUT2D eigenvalue weighted by Crippen LogP contribution is 2.19. The molecular formula is C15H17N3O3. The van der Waals surface area contributed by atoms with E-state index >= 15 is 0 Å². The van der Waals surface area contributed by atoms with Gasteiger partial charge in [0.2, 0.25) is 5.91 Å². The number of methoxy groups -OCH3 is 1. The molecule has 0 aliphatic carbocycles. The van der Waals surface area contributed by atoms with Crippen LogP contribution in [0.3, 0.4) is 0 Å². The largest absolute Gasteiger partial charge is 0.453 e. The molecule has 2 amide bonds. The molecule has 2 rings (SSSR count). The van der Waals surface area contributed by atoms with Crippen molar-refractivity contribution in [3.63, 3.8) is 0 Å². The lowest BCUT2D eigenvalue weighted by atomic mass is 9.97. The Morgan fingerprint density at radius 3 is 3.00 bits per heavy atom. The zero-order valence-electron chi connectivity index (χ0n) is 11.8. The first-order valence-electron chi connectivity index (χ1n) is 6.78. The number of nitrogens with zero attached hydrogens (tertiary/aromatic N) is 2. The van der Waals surface area contributed by atoms with Crippen LogP contribution in [0.4, 0.5) is 10.5 Å². The average Bonchev–Trinajstić information content (AvgIpc) is 2.54. The van der Waals surface area contributed by atoms with Crippen LogP contribution >= 0.6 is 0 Å². The number of anilines is 1. The second-order valence-electron chi connectivity index (χ2n) is 4.94. The van der Waals surface area contributed by atoms with Crippen molar-refractivity contribution in [1.82, 2.24) is 4.90 Å². The summed E-state index contributed by atoms with van der Waals surface area (Å²) in [6, 6.07) is 8.78. The molecule has 0 spiro atoms. The highest BCUT2D eigenvalue weighted by Gasteiger charge is 2.28. The van der Waals surface area contributed by atoms with Gasteiger partial charge in [-0.2, -0.15) is 5.26 Å². The number of likely N-dealkylation sites (tertiary alicyclic amines) is 1. The molecule has 1 aliphatic heterocycles. The molecule has 6 nitrogen and oxygen atoms in total. The molecule has 1 atom stereocenters. The van der Waals surface area contributed by atoms with Gasteiger partial charge in [0.1, 0.15) is 0 Å². The molecule has 1 fully saturated rings. The Morgan fingerprint density at radius 2 is 2.29 bits per heavy atom. The number of hydrogen-bond acceptors (Lipinski definition) is 4. The highest BCUT2D eigenvalue weighted by molar-refractivity contribution is 5.93. The molecule has 1 aromatic rings. The van der Waals surface area contributed by atoms with E-state index in [2.05, 4.69) is 10.1 Å². The number of carbonyl (C=O) groups is 2. The molecular weight excluding hydrogens is 270 g/mol. The Kier molecular flexibility index (Phi) is 4.77. The quantitative estimate of drug-likeness (QED) is 0.901. The van der Waals surface area contributed by atoms with Crippen LogP contribution < -0.4 is 5.32 Å². The maximum atomic E-state index is 12.3. The van der Waals surface area contributed by atoms with Crippen LogP contribution in [-0.4, -0.2) is 37.1 Å². The van der Waals surface area contributed by atoms with Gasteiger partial charge in [0, 0.05) is 18.8 Å². The van der Waals surface area contributed by atoms with Crippen molar-refractivity contribution in [3.05, 3.63) is 29.8 Å². The average molecular weight is 287 g/mol. The van der Waals surface area contributed by atoms with E-state index in [1.165, 1.54) is 7.11 Å². The number of piperidine rings is 1. The fraction of sp³-hybridized carbons (Fsp3) is 0.400. The zero-order chi connectivity index (χ0) is 15.2. The number of carbonyl (C=O) groups excluding carboxylic acids is 2. The Labute approximate surface area is 123 Å². The SMILES string of the molecule is COC(=O)N1CCCC(C(=O)Nc2cccc(C#N)c2)C1. The maximum absolute atomic E-state index is 12.3. The number of nitriles is 1. The lowest BCUT2D eigenvalue weighted by Crippen LogP contribution is -2.43. The smallest absolute Gasteiger partial charge is 0.409 e. The summed E-state index contributed by atoms with van der Waals surface area (Å²) in [7, 11) is 1.33. The predicted octanol–water partition coefficient (Wildman–Crippen LogP) is 1.98. The standard InChI is InChI=1S/C15H17N3O3/c1-21-15(20)18-7-3-5-12(10-18)14(19)17-13-6-2-4-11(8-13)9-16/h2,4,6,8,12H,3,5,7,10H2,1H3,(H,17,19). The minimum absolute atomic E-state index is 0.140. The molecule has 1 N–H and O–H groups in total. The van der Waals surface area contributed by atoms with Gasteiger partial charge in [-0.3, -0.25) is 4.79 Å². The van der Waals surface area contributed by atoms with Gasteiger partial charge >= 0.3 is 6.09 Å². The van der Waals surface area contributed by atoms with Crippen LogP contribution in [0.5, 0.6) is 0 Å². The number of benzene rings is 1. The molecule has 6 heteroatoms. The topological polar surface area (TPSA) is 82.4 Å². The van der Waals surface area contributed by atoms with Gasteiger partial charge < -0.3 is 15.0 Å². The molecule has 110 valence electrons. The molecule has 1 aromatic carbocycles. The maximum Gasteiger partial charge on any atom is 0.409 e. The van der Waals surface area contributed by atoms with E-state index in [1.807, 2.05) is 6.07 Å². The third-order valence-electron chi connectivity index (χ3n) is 3.48. The van der Waals surface area contributed by atoms with E-state index in [0.717, 1.165) is 12.8 Å². The molecule has 0 aromatic heterocycles. The monoisotopic (exact) mass is 287 g/mol. The summed E-state index contributed by atoms with van der Waals surface area (Å²) in [5.74, 6) is -0.401. The van der Waals surface area contributed by atoms with Crippen molar-refractivity contribution >= 4 is 17.7 Å². The van der Waals surface area contributed by atoms with E-state index in [4.69, 9.17) is 5.26 Å². The van der Waals surface area contributed by atoms with E-state index in [0.29, 0.717) is 24.3 Å². The number of hydrogen-bond donors (Lipinski definition) is 1. The van der Waals surface area contributed by atoms with Crippen molar-refractivity contribution in [2.24, 2.45) is 5.92 Å². The third-order valence-corrected chi connectivity index (χ3v) is 3.48. The third kappa shape index (κ3) is 3.72. The summed E-state index contributed by atoms with van der Waals surface area (Å²) in [6.45, 7) is 0.969. The molecule has 1 heterocycles. The minimum Gasteiger partial charge on any atom is -0.453 e. The van der Waals surface area contributed by atoms with E-state index in [1.54, 1.807) is 29.2 Å². The fourth-order valence-corrected chi connectivity index (χ4v) is 2.40. The predicted molar refractivity (Wildman–Crippen MR) is 76.5 cm³/mol. The van der Waals surface area contributed by atoms with Gasteiger partial charge in [0.05, 0.1) is 24.7 Å². The second-order valence-corrected chi connectivity index (χ2v) is 4.94. The summed E-state index contributed by atoms with van der Waals surface area (Å²) in [4.78, 5) is 25.3. The first-order valence-corrected chi connectivity index (χ1v) is 6.78. The number of ether oxygens (including phenoxy) is 1. The van der Waals surface area contributed by atoms with Crippen molar-refractivity contribution < 1.29 is 14.3 Å². The Hall–Kier alpha value is -2.55. The van der Waals surface area contributed by atoms with Crippen molar-refractivity contribution in [2.75, 3.05) is 25.5 Å². The Balaban J connectivity index is 1.99. The summed E-state index contributed by atoms with van der Waals surface area (Å²) >= 11 is 0. The van der Waals surface area contributed by atoms with Gasteiger partial charge in [-0.1, -0.05) is 6.07 Å². The molecule has 1 saturated heterocycles. The van der Waals surface area contributed by atoms with Gasteiger partial charge in [-0.15, -0.1) is 0 Å². The molecule has 0 bridgehead atoms. The van der Waals surface area contributed by atoms with Gasteiger partial charge in [-0.25, -0.2) is 4.79 Å². The van der Waals surface area contributed by atoms with Crippen LogP contribution in [0.2, 0.25) is 0 Å². The summed E-state index contributed by atoms with van der Waals surface area (Å²) in [5, 5.41) is 11.6. The van der Waals surface area contributed by atoms with Crippen LogP contribution in [0.15, 0.2) is 24.3 Å². The Bertz CT molecular complexity index is 580. The molecule has 1 unspecified atom stereocenters. The van der Waals surface area contributed by atoms with Crippen molar-refractivity contribution in [3.8, 4) is 6.07 Å². The van der Waals surface area contributed by atoms with E-state index in [-0.39, 0.29) is 11.8 Å². The summed E-state index contributed by atoms with van der Waals surface area (Å²) in [5.41, 5.74) is 1.09. The first kappa shape index (κ1) is 14.9. The van der Waals surface area contributed by atoms with Crippen molar-refractivity contribution in [2.45, 2.75) is 12.8 Å². The molecule has 21 heavy (non-hydrogen) atoms. The molecule has 0 radical (unpaired) electrons. The minimum atomic E-state index is -0.404. The number of amides is 2. The summed E-state index contributed by atoms with van der Waals surface area (Å²) < 4.78 is 4.69. The van der Waals surface area contributed by atoms with Crippen LogP contribution in [0.25, 0.3) is 0 Å². The summed E-state index contributed by atoms with van der Waals surface area (Å²) in [6.07, 6.45) is 1.10. The molecule has 1 aliphatic rings. The number of nitrogens with one attached hydrogen (secondary N) is 1. The van der Waals surface area contributed by atoms with Crippen LogP contribution in [-0.2, 0) is 9.53 Å². The van der Waals surface area contributed by atoms with E-state index < -0.39 is 6.09 Å². The van der Waals surface area contributed by atoms with Gasteiger partial charge in [-0.05, 0) is 31.0 Å². The Morgan fingerprint density at radius 1 is 1.48 bits per heavy atom. The lowest BCUT2D eigenvalue weighted by molar-refractivity contribution is -0.121. The second kappa shape index (κ2) is 6.75. The number of rotatable bonds is 2. The van der Waals surface area contributed by atoms with Gasteiger partial charge in [0.25, 0.3) is 0 Å². The first-order chi connectivity index (χ1) is 10.1. The zero-order valence-corrected chi connectivity index (χ0v) is 11.8.